The van der Waals surface area contributed by atoms with Gasteiger partial charge in [-0.2, -0.15) is 0 Å². The van der Waals surface area contributed by atoms with E-state index in [0.717, 1.165) is 24.0 Å². The Kier molecular flexibility index (Phi) is 6.95. The van der Waals surface area contributed by atoms with Crippen LogP contribution in [0.5, 0.6) is 5.75 Å². The summed E-state index contributed by atoms with van der Waals surface area (Å²) in [6, 6.07) is 9.21. The Morgan fingerprint density at radius 1 is 1.18 bits per heavy atom. The van der Waals surface area contributed by atoms with Crippen LogP contribution in [0.3, 0.4) is 0 Å². The second kappa shape index (κ2) is 9.01. The minimum absolute atomic E-state index is 0.363. The lowest BCUT2D eigenvalue weighted by molar-refractivity contribution is -0.120. The van der Waals surface area contributed by atoms with Crippen molar-refractivity contribution in [3.63, 3.8) is 0 Å². The summed E-state index contributed by atoms with van der Waals surface area (Å²) in [7, 11) is -2.43. The van der Waals surface area contributed by atoms with Crippen molar-refractivity contribution < 1.29 is 26.7 Å². The van der Waals surface area contributed by atoms with E-state index in [1.807, 2.05) is 6.92 Å². The summed E-state index contributed by atoms with van der Waals surface area (Å²) in [6.07, 6.45) is 1.41. The number of hydrogen-bond acceptors (Lipinski definition) is 4. The van der Waals surface area contributed by atoms with E-state index in [4.69, 9.17) is 4.74 Å². The third-order valence-corrected chi connectivity index (χ3v) is 5.25. The van der Waals surface area contributed by atoms with Crippen LogP contribution in [0.4, 0.5) is 14.5 Å². The smallest absolute Gasteiger partial charge is 0.241 e. The first-order valence-corrected chi connectivity index (χ1v) is 10.4. The fourth-order valence-electron chi connectivity index (χ4n) is 2.69. The number of nitrogens with zero attached hydrogens (tertiary/aromatic N) is 1. The van der Waals surface area contributed by atoms with Gasteiger partial charge >= 0.3 is 0 Å². The standard InChI is InChI=1S/C19H22F2N2O4S/c1-4-17(13-5-8-15(27-2)9-6-13)22-19(24)12-23(28(3,25)26)18-10-7-14(20)11-16(18)21/h5-11,17H,4,12H2,1-3H3,(H,22,24)/t17-/m1/s1. The predicted molar refractivity (Wildman–Crippen MR) is 103 cm³/mol. The zero-order chi connectivity index (χ0) is 20.9. The fraction of sp³-hybridized carbons (Fsp3) is 0.316. The van der Waals surface area contributed by atoms with Crippen molar-refractivity contribution in [1.82, 2.24) is 5.32 Å². The van der Waals surface area contributed by atoms with Crippen LogP contribution >= 0.6 is 0 Å². The molecule has 0 aliphatic heterocycles. The molecule has 1 amide bonds. The number of halogens is 2. The number of anilines is 1. The molecule has 2 rings (SSSR count). The molecule has 0 saturated carbocycles. The molecule has 0 bridgehead atoms. The monoisotopic (exact) mass is 412 g/mol. The molecule has 6 nitrogen and oxygen atoms in total. The van der Waals surface area contributed by atoms with E-state index in [1.54, 1.807) is 31.4 Å². The van der Waals surface area contributed by atoms with E-state index in [9.17, 15) is 22.0 Å². The molecule has 0 heterocycles. The Labute approximate surface area is 163 Å². The first-order valence-electron chi connectivity index (χ1n) is 8.51. The van der Waals surface area contributed by atoms with Crippen LogP contribution in [0.15, 0.2) is 42.5 Å². The molecular formula is C19H22F2N2O4S. The SMILES string of the molecule is CC[C@@H](NC(=O)CN(c1ccc(F)cc1F)S(C)(=O)=O)c1ccc(OC)cc1. The lowest BCUT2D eigenvalue weighted by Crippen LogP contribution is -2.41. The maximum atomic E-state index is 14.1. The summed E-state index contributed by atoms with van der Waals surface area (Å²) in [5, 5.41) is 2.74. The predicted octanol–water partition coefficient (Wildman–Crippen LogP) is 3.01. The van der Waals surface area contributed by atoms with Crippen LogP contribution in [0, 0.1) is 11.6 Å². The number of sulfonamides is 1. The van der Waals surface area contributed by atoms with Crippen molar-refractivity contribution >= 4 is 21.6 Å². The number of ether oxygens (including phenoxy) is 1. The van der Waals surface area contributed by atoms with Crippen molar-refractivity contribution in [2.24, 2.45) is 0 Å². The summed E-state index contributed by atoms with van der Waals surface area (Å²) in [4.78, 5) is 12.5. The lowest BCUT2D eigenvalue weighted by atomic mass is 10.0. The van der Waals surface area contributed by atoms with Crippen LogP contribution in [0.25, 0.3) is 0 Å². The quantitative estimate of drug-likeness (QED) is 0.723. The molecule has 9 heteroatoms. The van der Waals surface area contributed by atoms with Gasteiger partial charge in [0.25, 0.3) is 0 Å². The van der Waals surface area contributed by atoms with Gasteiger partial charge in [0, 0.05) is 6.07 Å². The van der Waals surface area contributed by atoms with Gasteiger partial charge < -0.3 is 10.1 Å². The number of amides is 1. The van der Waals surface area contributed by atoms with E-state index in [-0.39, 0.29) is 6.04 Å². The minimum Gasteiger partial charge on any atom is -0.497 e. The van der Waals surface area contributed by atoms with E-state index >= 15 is 0 Å². The molecule has 152 valence electrons. The lowest BCUT2D eigenvalue weighted by Gasteiger charge is -2.24. The molecule has 28 heavy (non-hydrogen) atoms. The van der Waals surface area contributed by atoms with Crippen molar-refractivity contribution in [3.05, 3.63) is 59.7 Å². The first-order chi connectivity index (χ1) is 13.2. The second-order valence-corrected chi connectivity index (χ2v) is 8.07. The second-order valence-electron chi connectivity index (χ2n) is 6.17. The van der Waals surface area contributed by atoms with Gasteiger partial charge in [0.15, 0.2) is 0 Å². The molecule has 0 saturated heterocycles. The Morgan fingerprint density at radius 2 is 1.82 bits per heavy atom. The highest BCUT2D eigenvalue weighted by Gasteiger charge is 2.25. The van der Waals surface area contributed by atoms with Gasteiger partial charge in [-0.15, -0.1) is 0 Å². The van der Waals surface area contributed by atoms with Gasteiger partial charge in [0.2, 0.25) is 15.9 Å². The molecule has 0 spiro atoms. The average Bonchev–Trinajstić information content (AvgIpc) is 2.64. The largest absolute Gasteiger partial charge is 0.497 e. The van der Waals surface area contributed by atoms with Gasteiger partial charge in [-0.25, -0.2) is 17.2 Å². The van der Waals surface area contributed by atoms with Crippen molar-refractivity contribution in [2.75, 3.05) is 24.2 Å². The molecule has 2 aromatic carbocycles. The maximum Gasteiger partial charge on any atom is 0.241 e. The first kappa shape index (κ1) is 21.6. The molecule has 0 unspecified atom stereocenters. The molecule has 2 aromatic rings. The van der Waals surface area contributed by atoms with E-state index < -0.39 is 39.8 Å². The molecular weight excluding hydrogens is 390 g/mol. The molecule has 1 atom stereocenters. The highest BCUT2D eigenvalue weighted by Crippen LogP contribution is 2.23. The normalized spacial score (nSPS) is 12.3. The summed E-state index contributed by atoms with van der Waals surface area (Å²) in [5.41, 5.74) is 0.423. The molecule has 1 N–H and O–H groups in total. The Balaban J connectivity index is 2.20. The highest BCUT2D eigenvalue weighted by molar-refractivity contribution is 7.92. The molecule has 0 radical (unpaired) electrons. The summed E-state index contributed by atoms with van der Waals surface area (Å²) < 4.78 is 57.0. The van der Waals surface area contributed by atoms with Crippen LogP contribution in [0.2, 0.25) is 0 Å². The average molecular weight is 412 g/mol. The van der Waals surface area contributed by atoms with Gasteiger partial charge in [-0.1, -0.05) is 19.1 Å². The van der Waals surface area contributed by atoms with Gasteiger partial charge in [-0.05, 0) is 36.2 Å². The fourth-order valence-corrected chi connectivity index (χ4v) is 3.55. The zero-order valence-electron chi connectivity index (χ0n) is 15.8. The van der Waals surface area contributed by atoms with E-state index in [0.29, 0.717) is 22.5 Å². The third-order valence-electron chi connectivity index (χ3n) is 4.13. The number of rotatable bonds is 8. The van der Waals surface area contributed by atoms with Gasteiger partial charge in [-0.3, -0.25) is 9.10 Å². The molecule has 0 aromatic heterocycles. The summed E-state index contributed by atoms with van der Waals surface area (Å²) >= 11 is 0. The maximum absolute atomic E-state index is 14.1. The Morgan fingerprint density at radius 3 is 2.32 bits per heavy atom. The topological polar surface area (TPSA) is 75.7 Å². The number of hydrogen-bond donors (Lipinski definition) is 1. The highest BCUT2D eigenvalue weighted by atomic mass is 32.2. The number of methoxy groups -OCH3 is 1. The van der Waals surface area contributed by atoms with Crippen molar-refractivity contribution in [2.45, 2.75) is 19.4 Å². The number of benzene rings is 2. The minimum atomic E-state index is -3.97. The Hall–Kier alpha value is -2.68. The van der Waals surface area contributed by atoms with Crippen LogP contribution in [0.1, 0.15) is 24.9 Å². The molecule has 0 aliphatic rings. The van der Waals surface area contributed by atoms with Crippen LogP contribution < -0.4 is 14.4 Å². The zero-order valence-corrected chi connectivity index (χ0v) is 16.6. The summed E-state index contributed by atoms with van der Waals surface area (Å²) in [6.45, 7) is 1.23. The molecule has 0 aliphatic carbocycles. The molecule has 0 fully saturated rings. The van der Waals surface area contributed by atoms with Crippen molar-refractivity contribution in [1.29, 1.82) is 0 Å². The van der Waals surface area contributed by atoms with Crippen LogP contribution in [-0.4, -0.2) is 34.2 Å². The van der Waals surface area contributed by atoms with Crippen LogP contribution in [-0.2, 0) is 14.8 Å². The van der Waals surface area contributed by atoms with Crippen molar-refractivity contribution in [3.8, 4) is 5.75 Å². The third kappa shape index (κ3) is 5.41. The summed E-state index contributed by atoms with van der Waals surface area (Å²) in [5.74, 6) is -1.86. The number of carbonyl (C=O) groups is 1. The van der Waals surface area contributed by atoms with Gasteiger partial charge in [0.05, 0.1) is 25.1 Å². The van der Waals surface area contributed by atoms with Gasteiger partial charge in [0.1, 0.15) is 23.9 Å². The number of nitrogens with one attached hydrogen (secondary N) is 1. The van der Waals surface area contributed by atoms with E-state index in [2.05, 4.69) is 5.32 Å². The van der Waals surface area contributed by atoms with E-state index in [1.165, 1.54) is 0 Å². The Bertz CT molecular complexity index is 933. The number of carbonyl (C=O) groups excluding carboxylic acids is 1.